The Morgan fingerprint density at radius 3 is 2.60 bits per heavy atom. The van der Waals surface area contributed by atoms with Gasteiger partial charge in [-0.25, -0.2) is 0 Å². The maximum absolute atomic E-state index is 10.7. The molecule has 2 aromatic rings. The Hall–Kier alpha value is -2.47. The summed E-state index contributed by atoms with van der Waals surface area (Å²) >= 11 is 0. The lowest BCUT2D eigenvalue weighted by Crippen LogP contribution is -2.06. The lowest BCUT2D eigenvalue weighted by molar-refractivity contribution is -0.384. The van der Waals surface area contributed by atoms with Gasteiger partial charge in [-0.2, -0.15) is 0 Å². The number of aromatic nitrogens is 1. The van der Waals surface area contributed by atoms with Crippen LogP contribution in [-0.4, -0.2) is 9.91 Å². The second kappa shape index (κ2) is 5.66. The standard InChI is InChI=1S/C14H15N3O3/c1-9-7-11(17(18)19)3-6-14(9)20-12-4-5-13(10(2)15)16-8-12/h3-8,10H,15H2,1-2H3/t10-/m1/s1. The summed E-state index contributed by atoms with van der Waals surface area (Å²) in [7, 11) is 0. The first-order valence-electron chi connectivity index (χ1n) is 6.12. The van der Waals surface area contributed by atoms with Crippen LogP contribution in [0.2, 0.25) is 0 Å². The molecule has 2 rings (SSSR count). The Bertz CT molecular complexity index is 624. The van der Waals surface area contributed by atoms with Crippen molar-refractivity contribution in [2.75, 3.05) is 0 Å². The third kappa shape index (κ3) is 3.10. The van der Waals surface area contributed by atoms with Crippen LogP contribution in [0.5, 0.6) is 11.5 Å². The van der Waals surface area contributed by atoms with E-state index in [0.29, 0.717) is 17.1 Å². The Labute approximate surface area is 116 Å². The summed E-state index contributed by atoms with van der Waals surface area (Å²) in [5.74, 6) is 1.12. The molecular formula is C14H15N3O3. The molecule has 0 radical (unpaired) electrons. The fourth-order valence-electron chi connectivity index (χ4n) is 1.71. The number of benzene rings is 1. The predicted molar refractivity (Wildman–Crippen MR) is 74.7 cm³/mol. The lowest BCUT2D eigenvalue weighted by Gasteiger charge is -2.09. The van der Waals surface area contributed by atoms with E-state index in [1.54, 1.807) is 31.3 Å². The van der Waals surface area contributed by atoms with E-state index in [4.69, 9.17) is 10.5 Å². The van der Waals surface area contributed by atoms with Gasteiger partial charge in [0.15, 0.2) is 0 Å². The molecule has 20 heavy (non-hydrogen) atoms. The summed E-state index contributed by atoms with van der Waals surface area (Å²) in [5, 5.41) is 10.7. The zero-order valence-electron chi connectivity index (χ0n) is 11.2. The van der Waals surface area contributed by atoms with Crippen LogP contribution in [0.4, 0.5) is 5.69 Å². The highest BCUT2D eigenvalue weighted by molar-refractivity contribution is 5.44. The maximum atomic E-state index is 10.7. The second-order valence-corrected chi connectivity index (χ2v) is 4.52. The monoisotopic (exact) mass is 273 g/mol. The molecule has 0 saturated heterocycles. The molecule has 0 aliphatic rings. The van der Waals surface area contributed by atoms with Gasteiger partial charge in [0.2, 0.25) is 0 Å². The van der Waals surface area contributed by atoms with Gasteiger partial charge in [0, 0.05) is 18.2 Å². The van der Waals surface area contributed by atoms with Crippen molar-refractivity contribution in [2.24, 2.45) is 5.73 Å². The normalized spacial score (nSPS) is 11.9. The molecule has 0 amide bonds. The van der Waals surface area contributed by atoms with E-state index in [-0.39, 0.29) is 11.7 Å². The molecule has 0 saturated carbocycles. The van der Waals surface area contributed by atoms with Crippen LogP contribution in [0, 0.1) is 17.0 Å². The molecule has 0 bridgehead atoms. The molecule has 104 valence electrons. The topological polar surface area (TPSA) is 91.3 Å². The largest absolute Gasteiger partial charge is 0.455 e. The number of non-ortho nitro benzene ring substituents is 1. The van der Waals surface area contributed by atoms with Crippen LogP contribution in [0.25, 0.3) is 0 Å². The van der Waals surface area contributed by atoms with E-state index in [1.165, 1.54) is 12.1 Å². The van der Waals surface area contributed by atoms with E-state index in [2.05, 4.69) is 4.98 Å². The molecule has 0 spiro atoms. The van der Waals surface area contributed by atoms with Crippen molar-refractivity contribution in [3.63, 3.8) is 0 Å². The van der Waals surface area contributed by atoms with Crippen LogP contribution >= 0.6 is 0 Å². The van der Waals surface area contributed by atoms with Crippen molar-refractivity contribution in [2.45, 2.75) is 19.9 Å². The average molecular weight is 273 g/mol. The minimum absolute atomic E-state index is 0.0419. The Morgan fingerprint density at radius 2 is 2.10 bits per heavy atom. The van der Waals surface area contributed by atoms with Gasteiger partial charge in [-0.3, -0.25) is 15.1 Å². The molecule has 1 atom stereocenters. The highest BCUT2D eigenvalue weighted by atomic mass is 16.6. The summed E-state index contributed by atoms with van der Waals surface area (Å²) in [6.07, 6.45) is 1.58. The van der Waals surface area contributed by atoms with Crippen molar-refractivity contribution in [3.05, 3.63) is 57.9 Å². The van der Waals surface area contributed by atoms with Crippen LogP contribution in [0.15, 0.2) is 36.5 Å². The third-order valence-corrected chi connectivity index (χ3v) is 2.82. The first kappa shape index (κ1) is 14.0. The molecule has 2 N–H and O–H groups in total. The fourth-order valence-corrected chi connectivity index (χ4v) is 1.71. The minimum Gasteiger partial charge on any atom is -0.455 e. The molecule has 1 aromatic heterocycles. The molecule has 1 aromatic carbocycles. The van der Waals surface area contributed by atoms with Gasteiger partial charge in [0.25, 0.3) is 5.69 Å². The van der Waals surface area contributed by atoms with Gasteiger partial charge in [-0.1, -0.05) is 0 Å². The molecule has 0 unspecified atom stereocenters. The third-order valence-electron chi connectivity index (χ3n) is 2.82. The molecule has 1 heterocycles. The zero-order valence-corrected chi connectivity index (χ0v) is 11.2. The Morgan fingerprint density at radius 1 is 1.35 bits per heavy atom. The van der Waals surface area contributed by atoms with Crippen molar-refractivity contribution in [3.8, 4) is 11.5 Å². The summed E-state index contributed by atoms with van der Waals surface area (Å²) in [4.78, 5) is 14.4. The summed E-state index contributed by atoms with van der Waals surface area (Å²) in [6.45, 7) is 3.61. The highest BCUT2D eigenvalue weighted by Crippen LogP contribution is 2.28. The van der Waals surface area contributed by atoms with Gasteiger partial charge < -0.3 is 10.5 Å². The van der Waals surface area contributed by atoms with Crippen LogP contribution in [-0.2, 0) is 0 Å². The lowest BCUT2D eigenvalue weighted by atomic mass is 10.2. The predicted octanol–water partition coefficient (Wildman–Crippen LogP) is 3.11. The van der Waals surface area contributed by atoms with Gasteiger partial charge >= 0.3 is 0 Å². The summed E-state index contributed by atoms with van der Waals surface area (Å²) in [6, 6.07) is 7.89. The van der Waals surface area contributed by atoms with Gasteiger partial charge in [-0.05, 0) is 37.6 Å². The number of hydrogen-bond donors (Lipinski definition) is 1. The highest BCUT2D eigenvalue weighted by Gasteiger charge is 2.10. The fraction of sp³-hybridized carbons (Fsp3) is 0.214. The van der Waals surface area contributed by atoms with Crippen molar-refractivity contribution in [1.29, 1.82) is 0 Å². The van der Waals surface area contributed by atoms with Crippen LogP contribution in [0.3, 0.4) is 0 Å². The number of ether oxygens (including phenoxy) is 1. The minimum atomic E-state index is -0.435. The summed E-state index contributed by atoms with van der Waals surface area (Å²) < 4.78 is 5.65. The van der Waals surface area contributed by atoms with E-state index >= 15 is 0 Å². The Kier molecular flexibility index (Phi) is 3.95. The number of nitrogens with two attached hydrogens (primary N) is 1. The molecule has 0 fully saturated rings. The van der Waals surface area contributed by atoms with Crippen LogP contribution in [0.1, 0.15) is 24.2 Å². The number of nitro groups is 1. The number of rotatable bonds is 4. The van der Waals surface area contributed by atoms with Crippen molar-refractivity contribution in [1.82, 2.24) is 4.98 Å². The van der Waals surface area contributed by atoms with E-state index < -0.39 is 4.92 Å². The van der Waals surface area contributed by atoms with Gasteiger partial charge in [-0.15, -0.1) is 0 Å². The maximum Gasteiger partial charge on any atom is 0.269 e. The SMILES string of the molecule is Cc1cc([N+](=O)[O-])ccc1Oc1ccc([C@@H](C)N)nc1. The first-order valence-corrected chi connectivity index (χ1v) is 6.12. The smallest absolute Gasteiger partial charge is 0.269 e. The van der Waals surface area contributed by atoms with Crippen molar-refractivity contribution < 1.29 is 9.66 Å². The molecular weight excluding hydrogens is 258 g/mol. The average Bonchev–Trinajstić information content (AvgIpc) is 2.41. The number of nitrogens with zero attached hydrogens (tertiary/aromatic N) is 2. The van der Waals surface area contributed by atoms with E-state index in [1.807, 2.05) is 6.92 Å². The number of pyridine rings is 1. The van der Waals surface area contributed by atoms with E-state index in [0.717, 1.165) is 5.69 Å². The number of nitro benzene ring substituents is 1. The quantitative estimate of drug-likeness (QED) is 0.682. The molecule has 6 nitrogen and oxygen atoms in total. The number of hydrogen-bond acceptors (Lipinski definition) is 5. The first-order chi connectivity index (χ1) is 9.47. The van der Waals surface area contributed by atoms with Crippen LogP contribution < -0.4 is 10.5 Å². The molecule has 6 heteroatoms. The second-order valence-electron chi connectivity index (χ2n) is 4.52. The zero-order chi connectivity index (χ0) is 14.7. The molecule has 0 aliphatic carbocycles. The van der Waals surface area contributed by atoms with Crippen molar-refractivity contribution >= 4 is 5.69 Å². The summed E-state index contributed by atoms with van der Waals surface area (Å²) in [5.41, 5.74) is 7.23. The molecule has 0 aliphatic heterocycles. The van der Waals surface area contributed by atoms with E-state index in [9.17, 15) is 10.1 Å². The van der Waals surface area contributed by atoms with Gasteiger partial charge in [0.05, 0.1) is 16.8 Å². The Balaban J connectivity index is 2.19. The number of aryl methyl sites for hydroxylation is 1. The van der Waals surface area contributed by atoms with Gasteiger partial charge in [0.1, 0.15) is 11.5 Å².